The summed E-state index contributed by atoms with van der Waals surface area (Å²) in [4.78, 5) is 22.6. The molecule has 0 aromatic heterocycles. The number of hydrazone groups is 1. The zero-order valence-electron chi connectivity index (χ0n) is 14.7. The number of hydrogen-bond donors (Lipinski definition) is 1. The van der Waals surface area contributed by atoms with Crippen molar-refractivity contribution >= 4 is 17.3 Å². The first-order chi connectivity index (χ1) is 13.6. The van der Waals surface area contributed by atoms with E-state index in [4.69, 9.17) is 4.74 Å². The van der Waals surface area contributed by atoms with Gasteiger partial charge in [-0.25, -0.2) is 5.43 Å². The summed E-state index contributed by atoms with van der Waals surface area (Å²) in [5.74, 6) is -0.473. The van der Waals surface area contributed by atoms with Gasteiger partial charge in [0.1, 0.15) is 0 Å². The summed E-state index contributed by atoms with van der Waals surface area (Å²) in [5, 5.41) is 15.3. The lowest BCUT2D eigenvalue weighted by Crippen LogP contribution is -2.26. The third-order valence-corrected chi connectivity index (χ3v) is 4.37. The Bertz CT molecular complexity index is 1060. The van der Waals surface area contributed by atoms with Crippen LogP contribution in [0.4, 0.5) is 5.69 Å². The van der Waals surface area contributed by atoms with E-state index in [9.17, 15) is 14.9 Å². The molecule has 0 fully saturated rings. The van der Waals surface area contributed by atoms with E-state index in [1.807, 2.05) is 48.5 Å². The lowest BCUT2D eigenvalue weighted by molar-refractivity contribution is -0.385. The van der Waals surface area contributed by atoms with Crippen LogP contribution in [0.5, 0.6) is 5.75 Å². The van der Waals surface area contributed by atoms with Crippen LogP contribution in [0.25, 0.3) is 11.1 Å². The molecule has 0 saturated carbocycles. The Morgan fingerprint density at radius 2 is 1.43 bits per heavy atom. The second-order valence-electron chi connectivity index (χ2n) is 6.10. The molecule has 0 atom stereocenters. The second kappa shape index (κ2) is 7.32. The van der Waals surface area contributed by atoms with Crippen LogP contribution in [0.2, 0.25) is 0 Å². The molecule has 0 unspecified atom stereocenters. The molecule has 138 valence electrons. The molecule has 28 heavy (non-hydrogen) atoms. The van der Waals surface area contributed by atoms with Gasteiger partial charge in [-0.1, -0.05) is 60.7 Å². The monoisotopic (exact) mass is 373 g/mol. The number of carbonyl (C=O) groups is 1. The number of amides is 1. The van der Waals surface area contributed by atoms with Crippen LogP contribution in [-0.2, 0) is 4.79 Å². The first-order valence-corrected chi connectivity index (χ1v) is 8.57. The van der Waals surface area contributed by atoms with E-state index < -0.39 is 10.8 Å². The topological polar surface area (TPSA) is 93.8 Å². The van der Waals surface area contributed by atoms with E-state index in [0.717, 1.165) is 22.3 Å². The maximum absolute atomic E-state index is 12.2. The van der Waals surface area contributed by atoms with Gasteiger partial charge < -0.3 is 4.74 Å². The average Bonchev–Trinajstić information content (AvgIpc) is 3.05. The van der Waals surface area contributed by atoms with Crippen LogP contribution in [0.3, 0.4) is 0 Å². The summed E-state index contributed by atoms with van der Waals surface area (Å²) < 4.78 is 5.29. The summed E-state index contributed by atoms with van der Waals surface area (Å²) >= 11 is 0. The Hall–Kier alpha value is -4.00. The van der Waals surface area contributed by atoms with Crippen molar-refractivity contribution in [2.75, 3.05) is 6.61 Å². The number of benzene rings is 3. The number of nitrogens with one attached hydrogen (secondary N) is 1. The number of para-hydroxylation sites is 2. The molecule has 0 spiro atoms. The van der Waals surface area contributed by atoms with Gasteiger partial charge in [-0.3, -0.25) is 14.9 Å². The van der Waals surface area contributed by atoms with Gasteiger partial charge in [0, 0.05) is 17.2 Å². The summed E-state index contributed by atoms with van der Waals surface area (Å²) in [6, 6.07) is 21.6. The van der Waals surface area contributed by atoms with E-state index in [2.05, 4.69) is 10.5 Å². The van der Waals surface area contributed by atoms with E-state index >= 15 is 0 Å². The molecular weight excluding hydrogens is 358 g/mol. The number of nitrogens with zero attached hydrogens (tertiary/aromatic N) is 2. The van der Waals surface area contributed by atoms with Crippen molar-refractivity contribution in [2.45, 2.75) is 0 Å². The highest BCUT2D eigenvalue weighted by molar-refractivity contribution is 6.24. The predicted molar refractivity (Wildman–Crippen MR) is 104 cm³/mol. The minimum Gasteiger partial charge on any atom is -0.477 e. The lowest BCUT2D eigenvalue weighted by Gasteiger charge is -2.06. The number of ether oxygens (including phenoxy) is 1. The first-order valence-electron chi connectivity index (χ1n) is 8.57. The minimum absolute atomic E-state index is 0.0341. The Kier molecular flexibility index (Phi) is 4.55. The fourth-order valence-electron chi connectivity index (χ4n) is 3.14. The quantitative estimate of drug-likeness (QED) is 0.428. The SMILES string of the molecule is O=C(COc1ccccc1[N+](=O)[O-])NN=C1c2ccccc2-c2ccccc21. The lowest BCUT2D eigenvalue weighted by atomic mass is 10.1. The number of fused-ring (bicyclic) bond motifs is 3. The van der Waals surface area contributed by atoms with Crippen molar-refractivity contribution in [1.29, 1.82) is 0 Å². The second-order valence-corrected chi connectivity index (χ2v) is 6.10. The van der Waals surface area contributed by atoms with Gasteiger partial charge in [0.2, 0.25) is 0 Å². The molecule has 3 aromatic rings. The smallest absolute Gasteiger partial charge is 0.310 e. The van der Waals surface area contributed by atoms with Crippen molar-refractivity contribution in [3.63, 3.8) is 0 Å². The summed E-state index contributed by atoms with van der Waals surface area (Å²) in [6.07, 6.45) is 0. The molecule has 7 nitrogen and oxygen atoms in total. The molecule has 7 heteroatoms. The summed E-state index contributed by atoms with van der Waals surface area (Å²) in [6.45, 7) is -0.384. The van der Waals surface area contributed by atoms with Crippen LogP contribution in [-0.4, -0.2) is 23.1 Å². The fraction of sp³-hybridized carbons (Fsp3) is 0.0476. The number of carbonyl (C=O) groups excluding carboxylic acids is 1. The molecule has 0 radical (unpaired) electrons. The van der Waals surface area contributed by atoms with E-state index in [-0.39, 0.29) is 18.0 Å². The molecule has 0 aliphatic heterocycles. The summed E-state index contributed by atoms with van der Waals surface area (Å²) in [7, 11) is 0. The molecule has 1 N–H and O–H groups in total. The van der Waals surface area contributed by atoms with Gasteiger partial charge in [-0.2, -0.15) is 5.10 Å². The highest BCUT2D eigenvalue weighted by atomic mass is 16.6. The molecule has 3 aromatic carbocycles. The maximum Gasteiger partial charge on any atom is 0.310 e. The first kappa shape index (κ1) is 17.4. The number of hydrogen-bond acceptors (Lipinski definition) is 5. The maximum atomic E-state index is 12.2. The van der Waals surface area contributed by atoms with Crippen LogP contribution < -0.4 is 10.2 Å². The fourth-order valence-corrected chi connectivity index (χ4v) is 3.14. The minimum atomic E-state index is -0.556. The van der Waals surface area contributed by atoms with Gasteiger partial charge >= 0.3 is 5.69 Å². The van der Waals surface area contributed by atoms with E-state index in [1.54, 1.807) is 6.07 Å². The van der Waals surface area contributed by atoms with Crippen LogP contribution >= 0.6 is 0 Å². The van der Waals surface area contributed by atoms with E-state index in [1.165, 1.54) is 18.2 Å². The number of nitro benzene ring substituents is 1. The van der Waals surface area contributed by atoms with Crippen LogP contribution in [0, 0.1) is 10.1 Å². The molecule has 0 heterocycles. The Morgan fingerprint density at radius 1 is 0.893 bits per heavy atom. The van der Waals surface area contributed by atoms with Crippen molar-refractivity contribution in [2.24, 2.45) is 5.10 Å². The molecule has 0 bridgehead atoms. The molecule has 1 aliphatic carbocycles. The Labute approximate surface area is 160 Å². The largest absolute Gasteiger partial charge is 0.477 e. The van der Waals surface area contributed by atoms with Gasteiger partial charge in [-0.05, 0) is 17.2 Å². The van der Waals surface area contributed by atoms with Crippen LogP contribution in [0.1, 0.15) is 11.1 Å². The third-order valence-electron chi connectivity index (χ3n) is 4.37. The molecule has 0 saturated heterocycles. The third kappa shape index (κ3) is 3.21. The number of rotatable bonds is 5. The zero-order valence-corrected chi connectivity index (χ0v) is 14.7. The van der Waals surface area contributed by atoms with Gasteiger partial charge in [0.05, 0.1) is 10.6 Å². The predicted octanol–water partition coefficient (Wildman–Crippen LogP) is 3.52. The van der Waals surface area contributed by atoms with Crippen molar-refractivity contribution in [3.8, 4) is 16.9 Å². The van der Waals surface area contributed by atoms with Crippen molar-refractivity contribution in [3.05, 3.63) is 94.0 Å². The van der Waals surface area contributed by atoms with Crippen LogP contribution in [0.15, 0.2) is 77.9 Å². The highest BCUT2D eigenvalue weighted by Gasteiger charge is 2.24. The Morgan fingerprint density at radius 3 is 2.04 bits per heavy atom. The Balaban J connectivity index is 1.51. The van der Waals surface area contributed by atoms with Gasteiger partial charge in [-0.15, -0.1) is 0 Å². The molecule has 1 aliphatic rings. The van der Waals surface area contributed by atoms with E-state index in [0.29, 0.717) is 5.71 Å². The average molecular weight is 373 g/mol. The molecular formula is C21H15N3O4. The highest BCUT2D eigenvalue weighted by Crippen LogP contribution is 2.36. The normalized spacial score (nSPS) is 11.4. The van der Waals surface area contributed by atoms with Crippen molar-refractivity contribution in [1.82, 2.24) is 5.43 Å². The molecule has 1 amide bonds. The van der Waals surface area contributed by atoms with Gasteiger partial charge in [0.25, 0.3) is 5.91 Å². The van der Waals surface area contributed by atoms with Gasteiger partial charge in [0.15, 0.2) is 12.4 Å². The summed E-state index contributed by atoms with van der Waals surface area (Å²) in [5.41, 5.74) is 6.94. The standard InChI is InChI=1S/C21H15N3O4/c25-20(13-28-19-12-6-5-11-18(19)24(26)27)22-23-21-16-9-3-1-7-14(16)15-8-2-4-10-17(15)21/h1-12H,13H2,(H,22,25). The molecule has 4 rings (SSSR count). The zero-order chi connectivity index (χ0) is 19.5. The number of nitro groups is 1. The van der Waals surface area contributed by atoms with Crippen molar-refractivity contribution < 1.29 is 14.5 Å².